The van der Waals surface area contributed by atoms with Crippen molar-refractivity contribution in [3.63, 3.8) is 0 Å². The summed E-state index contributed by atoms with van der Waals surface area (Å²) in [4.78, 5) is 29.5. The largest absolute Gasteiger partial charge is 0.490 e. The Bertz CT molecular complexity index is 941. The van der Waals surface area contributed by atoms with Crippen LogP contribution in [-0.4, -0.2) is 90.0 Å². The second kappa shape index (κ2) is 10.2. The summed E-state index contributed by atoms with van der Waals surface area (Å²) >= 11 is 6.07. The van der Waals surface area contributed by atoms with Gasteiger partial charge in [0, 0.05) is 24.7 Å². The molecule has 2 aliphatic rings. The van der Waals surface area contributed by atoms with E-state index in [0.29, 0.717) is 55.8 Å². The zero-order chi connectivity index (χ0) is 22.4. The van der Waals surface area contributed by atoms with Gasteiger partial charge in [-0.25, -0.2) is 0 Å². The van der Waals surface area contributed by atoms with Crippen LogP contribution in [0.15, 0.2) is 42.7 Å². The maximum atomic E-state index is 13.1. The molecule has 0 radical (unpaired) electrons. The third kappa shape index (κ3) is 5.53. The summed E-state index contributed by atoms with van der Waals surface area (Å²) < 4.78 is 17.5. The molecule has 2 fully saturated rings. The van der Waals surface area contributed by atoms with Crippen molar-refractivity contribution in [1.29, 1.82) is 0 Å². The summed E-state index contributed by atoms with van der Waals surface area (Å²) in [5.41, 5.74) is -0.558. The van der Waals surface area contributed by atoms with Crippen molar-refractivity contribution in [2.24, 2.45) is 0 Å². The number of rotatable bonds is 6. The van der Waals surface area contributed by atoms with Crippen LogP contribution in [0.5, 0.6) is 5.75 Å². The first-order valence-electron chi connectivity index (χ1n) is 10.5. The zero-order valence-electron chi connectivity index (χ0n) is 17.6. The number of ether oxygens (including phenoxy) is 3. The van der Waals surface area contributed by atoms with Crippen LogP contribution in [0.25, 0.3) is 0 Å². The minimum Gasteiger partial charge on any atom is -0.490 e. The second-order valence-electron chi connectivity index (χ2n) is 7.81. The highest BCUT2D eigenvalue weighted by atomic mass is 35.5. The van der Waals surface area contributed by atoms with Gasteiger partial charge in [0.25, 0.3) is 5.91 Å². The van der Waals surface area contributed by atoms with Gasteiger partial charge in [-0.1, -0.05) is 17.7 Å². The fourth-order valence-corrected chi connectivity index (χ4v) is 4.02. The van der Waals surface area contributed by atoms with Gasteiger partial charge in [0.15, 0.2) is 0 Å². The first-order valence-corrected chi connectivity index (χ1v) is 10.9. The van der Waals surface area contributed by atoms with Gasteiger partial charge in [-0.05, 0) is 24.3 Å². The Morgan fingerprint density at radius 2 is 1.91 bits per heavy atom. The number of halogens is 1. The van der Waals surface area contributed by atoms with Crippen LogP contribution in [0, 0.1) is 0 Å². The number of hydrogen-bond acceptors (Lipinski definition) is 7. The minimum absolute atomic E-state index is 0.0529. The van der Waals surface area contributed by atoms with Crippen LogP contribution in [0.2, 0.25) is 5.02 Å². The minimum atomic E-state index is -0.994. The number of amides is 2. The number of carbonyl (C=O) groups excluding carboxylic acids is 2. The molecule has 2 saturated heterocycles. The third-order valence-electron chi connectivity index (χ3n) is 5.50. The molecular formula is C22H25ClN4O5. The highest BCUT2D eigenvalue weighted by Gasteiger charge is 2.42. The molecule has 2 aliphatic heterocycles. The van der Waals surface area contributed by atoms with E-state index in [0.717, 1.165) is 0 Å². The van der Waals surface area contributed by atoms with E-state index < -0.39 is 5.60 Å². The fraction of sp³-hybridized carbons (Fsp3) is 0.455. The van der Waals surface area contributed by atoms with Gasteiger partial charge in [-0.3, -0.25) is 9.59 Å². The Kier molecular flexibility index (Phi) is 7.19. The fourth-order valence-electron chi connectivity index (χ4n) is 3.84. The molecule has 9 nitrogen and oxygen atoms in total. The topological polar surface area (TPSA) is 94.1 Å². The van der Waals surface area contributed by atoms with Crippen LogP contribution in [0.1, 0.15) is 16.8 Å². The smallest absolute Gasteiger partial charge is 0.255 e. The van der Waals surface area contributed by atoms with E-state index in [1.165, 1.54) is 12.4 Å². The van der Waals surface area contributed by atoms with Gasteiger partial charge < -0.3 is 24.0 Å². The van der Waals surface area contributed by atoms with E-state index in [4.69, 9.17) is 25.8 Å². The summed E-state index contributed by atoms with van der Waals surface area (Å²) in [6.45, 7) is 3.11. The van der Waals surface area contributed by atoms with Gasteiger partial charge in [-0.15, -0.1) is 0 Å². The molecule has 1 aromatic heterocycles. The van der Waals surface area contributed by atoms with Crippen LogP contribution >= 0.6 is 11.6 Å². The molecule has 170 valence electrons. The molecule has 1 atom stereocenters. The van der Waals surface area contributed by atoms with E-state index in [-0.39, 0.29) is 31.4 Å². The lowest BCUT2D eigenvalue weighted by Crippen LogP contribution is -2.58. The van der Waals surface area contributed by atoms with E-state index >= 15 is 0 Å². The number of benzene rings is 1. The monoisotopic (exact) mass is 460 g/mol. The van der Waals surface area contributed by atoms with Crippen molar-refractivity contribution in [3.8, 4) is 5.75 Å². The van der Waals surface area contributed by atoms with Crippen LogP contribution < -0.4 is 4.74 Å². The molecule has 4 rings (SSSR count). The van der Waals surface area contributed by atoms with Crippen LogP contribution in [0.3, 0.4) is 0 Å². The maximum Gasteiger partial charge on any atom is 0.255 e. The average molecular weight is 461 g/mol. The van der Waals surface area contributed by atoms with Crippen molar-refractivity contribution >= 4 is 23.4 Å². The average Bonchev–Trinajstić information content (AvgIpc) is 2.84. The number of morpholine rings is 2. The molecular weight excluding hydrogens is 436 g/mol. The van der Waals surface area contributed by atoms with E-state index in [9.17, 15) is 9.59 Å². The summed E-state index contributed by atoms with van der Waals surface area (Å²) in [6, 6.07) is 8.66. The SMILES string of the molecule is O=C(C[C@@]1(COc2cccc(Cl)c2)CN(C(=O)c2ccnnc2)CCO1)N1CCOCC1. The van der Waals surface area contributed by atoms with Gasteiger partial charge >= 0.3 is 0 Å². The Morgan fingerprint density at radius 1 is 1.09 bits per heavy atom. The molecule has 0 spiro atoms. The predicted octanol–water partition coefficient (Wildman–Crippen LogP) is 1.67. The summed E-state index contributed by atoms with van der Waals surface area (Å²) in [5.74, 6) is 0.332. The van der Waals surface area contributed by atoms with E-state index in [1.807, 2.05) is 0 Å². The van der Waals surface area contributed by atoms with Crippen LogP contribution in [-0.2, 0) is 14.3 Å². The number of nitrogens with zero attached hydrogens (tertiary/aromatic N) is 4. The highest BCUT2D eigenvalue weighted by Crippen LogP contribution is 2.27. The van der Waals surface area contributed by atoms with Crippen molar-refractivity contribution < 1.29 is 23.8 Å². The summed E-state index contributed by atoms with van der Waals surface area (Å²) in [6.07, 6.45) is 3.00. The normalized spacial score (nSPS) is 21.3. The molecule has 0 aliphatic carbocycles. The first kappa shape index (κ1) is 22.4. The zero-order valence-corrected chi connectivity index (χ0v) is 18.4. The molecule has 0 N–H and O–H groups in total. The molecule has 2 aromatic rings. The Balaban J connectivity index is 1.52. The lowest BCUT2D eigenvalue weighted by molar-refractivity contribution is -0.155. The molecule has 0 saturated carbocycles. The van der Waals surface area contributed by atoms with Crippen molar-refractivity contribution in [2.45, 2.75) is 12.0 Å². The predicted molar refractivity (Wildman–Crippen MR) is 116 cm³/mol. The first-order chi connectivity index (χ1) is 15.5. The standard InChI is InChI=1S/C22H25ClN4O5/c23-18-2-1-3-19(12-18)31-16-22(13-20(28)26-6-9-30-10-7-26)15-27(8-11-32-22)21(29)17-4-5-24-25-14-17/h1-5,12,14H,6-11,13,15-16H2/t22-/m0/s1. The van der Waals surface area contributed by atoms with Crippen molar-refractivity contribution in [1.82, 2.24) is 20.0 Å². The number of carbonyl (C=O) groups is 2. The molecule has 1 aromatic carbocycles. The Hall–Kier alpha value is -2.75. The number of hydrogen-bond donors (Lipinski definition) is 0. The van der Waals surface area contributed by atoms with Gasteiger partial charge in [0.2, 0.25) is 5.91 Å². The number of aromatic nitrogens is 2. The maximum absolute atomic E-state index is 13.1. The molecule has 10 heteroatoms. The molecule has 0 bridgehead atoms. The van der Waals surface area contributed by atoms with E-state index in [2.05, 4.69) is 10.2 Å². The van der Waals surface area contributed by atoms with Crippen molar-refractivity contribution in [3.05, 3.63) is 53.3 Å². The molecule has 32 heavy (non-hydrogen) atoms. The van der Waals surface area contributed by atoms with Crippen molar-refractivity contribution in [2.75, 3.05) is 52.6 Å². The van der Waals surface area contributed by atoms with E-state index in [1.54, 1.807) is 40.1 Å². The lowest BCUT2D eigenvalue weighted by atomic mass is 9.96. The van der Waals surface area contributed by atoms with Crippen LogP contribution in [0.4, 0.5) is 0 Å². The van der Waals surface area contributed by atoms with Gasteiger partial charge in [-0.2, -0.15) is 10.2 Å². The molecule has 2 amide bonds. The van der Waals surface area contributed by atoms with Gasteiger partial charge in [0.1, 0.15) is 18.0 Å². The lowest BCUT2D eigenvalue weighted by Gasteiger charge is -2.43. The van der Waals surface area contributed by atoms with Gasteiger partial charge in [0.05, 0.1) is 50.7 Å². The second-order valence-corrected chi connectivity index (χ2v) is 8.24. The molecule has 3 heterocycles. The quantitative estimate of drug-likeness (QED) is 0.647. The Labute approximate surface area is 191 Å². The third-order valence-corrected chi connectivity index (χ3v) is 5.74. The highest BCUT2D eigenvalue weighted by molar-refractivity contribution is 6.30. The Morgan fingerprint density at radius 3 is 2.66 bits per heavy atom. The molecule has 0 unspecified atom stereocenters. The summed E-state index contributed by atoms with van der Waals surface area (Å²) in [7, 11) is 0. The summed E-state index contributed by atoms with van der Waals surface area (Å²) in [5, 5.41) is 8.07.